The molecule has 4 saturated heterocycles. The van der Waals surface area contributed by atoms with E-state index in [-0.39, 0.29) is 31.8 Å². The van der Waals surface area contributed by atoms with Crippen LogP contribution in [0.3, 0.4) is 0 Å². The highest BCUT2D eigenvalue weighted by Gasteiger charge is 2.81. The van der Waals surface area contributed by atoms with Crippen molar-refractivity contribution >= 4 is 11.9 Å². The molecule has 5 N–H and O–H groups in total. The molecule has 8 aliphatic rings. The zero-order chi connectivity index (χ0) is 57.1. The van der Waals surface area contributed by atoms with E-state index < -0.39 is 162 Å². The Kier molecular flexibility index (Phi) is 18.2. The minimum absolute atomic E-state index is 0.00314. The molecule has 0 radical (unpaired) electrons. The molecule has 0 amide bonds. The van der Waals surface area contributed by atoms with E-state index in [2.05, 4.69) is 6.92 Å². The van der Waals surface area contributed by atoms with Crippen LogP contribution in [-0.4, -0.2) is 206 Å². The zero-order valence-electron chi connectivity index (χ0n) is 47.9. The number of rotatable bonds is 16. The minimum Gasteiger partial charge on any atom is -0.460 e. The van der Waals surface area contributed by atoms with Crippen molar-refractivity contribution in [1.82, 2.24) is 0 Å². The van der Waals surface area contributed by atoms with Crippen LogP contribution in [0, 0.1) is 16.7 Å². The number of hydrogen-bond donors (Lipinski definition) is 5. The fourth-order valence-corrected chi connectivity index (χ4v) is 15.4. The molecular formula is C58H88O21. The van der Waals surface area contributed by atoms with Crippen LogP contribution in [0.5, 0.6) is 0 Å². The molecule has 79 heavy (non-hydrogen) atoms. The van der Waals surface area contributed by atoms with Crippen LogP contribution in [0.15, 0.2) is 42.0 Å². The van der Waals surface area contributed by atoms with Crippen molar-refractivity contribution < 1.29 is 101 Å². The average Bonchev–Trinajstić information content (AvgIpc) is 2.40. The first-order chi connectivity index (χ1) is 37.4. The Labute approximate surface area is 464 Å². The summed E-state index contributed by atoms with van der Waals surface area (Å²) in [6.07, 6.45) is -9.00. The lowest BCUT2D eigenvalue weighted by atomic mass is 9.42. The zero-order valence-corrected chi connectivity index (χ0v) is 47.9. The van der Waals surface area contributed by atoms with Crippen molar-refractivity contribution in [2.45, 2.75) is 259 Å². The van der Waals surface area contributed by atoms with Crippen molar-refractivity contribution in [2.24, 2.45) is 16.7 Å². The van der Waals surface area contributed by atoms with Gasteiger partial charge in [-0.05, 0) is 97.1 Å². The van der Waals surface area contributed by atoms with Gasteiger partial charge in [0.25, 0.3) is 0 Å². The summed E-state index contributed by atoms with van der Waals surface area (Å²) >= 11 is 0. The van der Waals surface area contributed by atoms with E-state index >= 15 is 0 Å². The maximum absolute atomic E-state index is 13.9. The first-order valence-electron chi connectivity index (χ1n) is 28.4. The maximum Gasteiger partial charge on any atom is 0.338 e. The van der Waals surface area contributed by atoms with Crippen LogP contribution in [-0.2, 0) is 71.1 Å². The van der Waals surface area contributed by atoms with Gasteiger partial charge in [-0.25, -0.2) is 4.79 Å². The fraction of sp³-hybridized carbons (Fsp3) is 0.828. The van der Waals surface area contributed by atoms with Gasteiger partial charge in [-0.3, -0.25) is 4.79 Å². The van der Waals surface area contributed by atoms with E-state index in [0.717, 1.165) is 5.57 Å². The third kappa shape index (κ3) is 10.8. The Hall–Kier alpha value is -2.78. The Morgan fingerprint density at radius 3 is 1.73 bits per heavy atom. The molecule has 4 heterocycles. The normalized spacial score (nSPS) is 48.4. The quantitative estimate of drug-likeness (QED) is 0.115. The second kappa shape index (κ2) is 23.7. The summed E-state index contributed by atoms with van der Waals surface area (Å²) < 4.78 is 86.9. The molecule has 446 valence electrons. The molecule has 4 aliphatic carbocycles. The Balaban J connectivity index is 0.821. The van der Waals surface area contributed by atoms with Gasteiger partial charge in [-0.2, -0.15) is 0 Å². The van der Waals surface area contributed by atoms with Gasteiger partial charge in [0.15, 0.2) is 25.2 Å². The van der Waals surface area contributed by atoms with E-state index in [4.69, 9.17) is 66.3 Å². The summed E-state index contributed by atoms with van der Waals surface area (Å²) in [5.41, 5.74) is -6.47. The van der Waals surface area contributed by atoms with Crippen molar-refractivity contribution in [3.63, 3.8) is 0 Å². The second-order valence-electron chi connectivity index (χ2n) is 24.1. The maximum atomic E-state index is 13.9. The Morgan fingerprint density at radius 2 is 1.20 bits per heavy atom. The first kappa shape index (κ1) is 60.8. The largest absolute Gasteiger partial charge is 0.460 e. The highest BCUT2D eigenvalue weighted by Crippen LogP contribution is 2.71. The molecule has 21 heteroatoms. The van der Waals surface area contributed by atoms with Gasteiger partial charge in [-0.15, -0.1) is 0 Å². The third-order valence-corrected chi connectivity index (χ3v) is 20.0. The van der Waals surface area contributed by atoms with Crippen molar-refractivity contribution in [2.75, 3.05) is 28.4 Å². The first-order valence-corrected chi connectivity index (χ1v) is 28.4. The predicted octanol–water partition coefficient (Wildman–Crippen LogP) is 4.17. The number of methoxy groups -OCH3 is 4. The fourth-order valence-electron chi connectivity index (χ4n) is 15.4. The molecule has 1 aromatic carbocycles. The average molecular weight is 1120 g/mol. The number of carbonyl (C=O) groups is 2. The number of hydrogen-bond acceptors (Lipinski definition) is 21. The topological polar surface area (TPSA) is 265 Å². The summed E-state index contributed by atoms with van der Waals surface area (Å²) in [6, 6.07) is 8.55. The van der Waals surface area contributed by atoms with Gasteiger partial charge in [0.2, 0.25) is 0 Å². The van der Waals surface area contributed by atoms with Crippen LogP contribution in [0.4, 0.5) is 0 Å². The molecule has 4 aliphatic heterocycles. The molecule has 0 aromatic heterocycles. The lowest BCUT2D eigenvalue weighted by Gasteiger charge is -2.67. The third-order valence-electron chi connectivity index (χ3n) is 20.0. The van der Waals surface area contributed by atoms with Crippen LogP contribution >= 0.6 is 0 Å². The van der Waals surface area contributed by atoms with E-state index in [1.165, 1.54) is 14.0 Å². The van der Waals surface area contributed by atoms with E-state index in [0.29, 0.717) is 44.1 Å². The predicted molar refractivity (Wildman–Crippen MR) is 278 cm³/mol. The van der Waals surface area contributed by atoms with Crippen LogP contribution in [0.25, 0.3) is 0 Å². The molecule has 26 atom stereocenters. The molecular weight excluding hydrogens is 1030 g/mol. The SMILES string of the molecule is CO[C@@H]1[C@H](O)[C@@H](O[C@@H]2[C@@H](C)O[C@@H](O[C@@H]3[C@@H](C)O[C@@H](O[C@@H]4[C@@H](C)O[C@@H](O[C@@H]5CC[C@@]6(C)C(=CC[C@@]7(O)[C@@H]6C[C@H](OC(=O)c6ccccc6)[C@@]6(C)[C@@]7(O)CC[C@]6(O)[C@H](C)OC(C)=O)C5)C[C@H]4OC)C[C@H]3OC)C[C@H]2OC)O[C@@H](C)[C@@H]1O. The highest BCUT2D eigenvalue weighted by molar-refractivity contribution is 5.89. The van der Waals surface area contributed by atoms with Gasteiger partial charge >= 0.3 is 11.9 Å². The molecule has 1 aromatic rings. The summed E-state index contributed by atoms with van der Waals surface area (Å²) in [5.74, 6) is -1.81. The van der Waals surface area contributed by atoms with Crippen LogP contribution in [0.2, 0.25) is 0 Å². The number of carbonyl (C=O) groups excluding carboxylic acids is 2. The summed E-state index contributed by atoms with van der Waals surface area (Å²) in [7, 11) is 6.24. The van der Waals surface area contributed by atoms with Gasteiger partial charge < -0.3 is 91.8 Å². The van der Waals surface area contributed by atoms with E-state index in [1.807, 2.05) is 26.8 Å². The standard InChI is InChI=1S/C58H88O21/c1-29-46(60)51(69-12)47(61)53(73-29)79-50-32(4)72-45(27-40(50)68-11)78-49-31(3)71-44(26-39(49)67-10)77-48-30(2)70-43(25-38(48)66-9)75-37-19-20-54(7)36(24-37)18-21-57(64)41(54)28-42(76-52(62)35-16-14-13-15-17-35)55(8)56(63,22-23-58(55,57)65)33(5)74-34(6)59/h13-18,29-33,37-51,53,60-61,63-65H,19-28H2,1-12H3/t29-,30+,31+,32+,33-,37+,38+,39+,40+,41+,42-,43-,44-,45-,46-,47-,48+,49+,50+,51-,53+,54-,55+,56-,57+,58-/m0/s1. The van der Waals surface area contributed by atoms with E-state index in [1.54, 1.807) is 72.4 Å². The summed E-state index contributed by atoms with van der Waals surface area (Å²) in [5, 5.41) is 60.4. The number of esters is 2. The van der Waals surface area contributed by atoms with Crippen molar-refractivity contribution in [3.05, 3.63) is 47.5 Å². The number of benzene rings is 1. The van der Waals surface area contributed by atoms with E-state index in [9.17, 15) is 35.1 Å². The molecule has 0 spiro atoms. The Morgan fingerprint density at radius 1 is 0.658 bits per heavy atom. The number of fused-ring (bicyclic) bond motifs is 5. The van der Waals surface area contributed by atoms with Crippen molar-refractivity contribution in [1.29, 1.82) is 0 Å². The molecule has 0 bridgehead atoms. The summed E-state index contributed by atoms with van der Waals surface area (Å²) in [4.78, 5) is 26.2. The molecule has 3 saturated carbocycles. The van der Waals surface area contributed by atoms with Gasteiger partial charge in [0.05, 0.1) is 59.8 Å². The van der Waals surface area contributed by atoms with Gasteiger partial charge in [0, 0.05) is 60.5 Å². The van der Waals surface area contributed by atoms with Crippen LogP contribution in [0.1, 0.15) is 130 Å². The summed E-state index contributed by atoms with van der Waals surface area (Å²) in [6.45, 7) is 13.9. The number of aliphatic hydroxyl groups excluding tert-OH is 2. The van der Waals surface area contributed by atoms with Crippen molar-refractivity contribution in [3.8, 4) is 0 Å². The molecule has 0 unspecified atom stereocenters. The number of ether oxygens (including phenoxy) is 14. The lowest BCUT2D eigenvalue weighted by Crippen LogP contribution is -2.78. The Bertz CT molecular complexity index is 2290. The lowest BCUT2D eigenvalue weighted by molar-refractivity contribution is -0.356. The second-order valence-corrected chi connectivity index (χ2v) is 24.1. The molecule has 9 rings (SSSR count). The minimum atomic E-state index is -1.95. The molecule has 21 nitrogen and oxygen atoms in total. The molecule has 7 fully saturated rings. The monoisotopic (exact) mass is 1120 g/mol. The smallest absolute Gasteiger partial charge is 0.338 e. The van der Waals surface area contributed by atoms with Gasteiger partial charge in [-0.1, -0.05) is 43.7 Å². The van der Waals surface area contributed by atoms with Crippen LogP contribution < -0.4 is 0 Å². The number of aliphatic hydroxyl groups is 5. The van der Waals surface area contributed by atoms with Gasteiger partial charge in [0.1, 0.15) is 65.6 Å². The highest BCUT2D eigenvalue weighted by atomic mass is 16.8.